The van der Waals surface area contributed by atoms with E-state index in [9.17, 15) is 8.42 Å². The van der Waals surface area contributed by atoms with Crippen molar-refractivity contribution < 1.29 is 8.42 Å². The molecule has 3 aromatic rings. The van der Waals surface area contributed by atoms with Crippen LogP contribution in [0.1, 0.15) is 36.8 Å². The van der Waals surface area contributed by atoms with Gasteiger partial charge in [-0.05, 0) is 66.8 Å². The molecule has 1 aliphatic carbocycles. The number of pyridine rings is 1. The largest absolute Gasteiger partial charge is 0.328 e. The maximum Gasteiger partial charge on any atom is 0.239 e. The quantitative estimate of drug-likeness (QED) is 0.596. The maximum absolute atomic E-state index is 13.0. The zero-order valence-corrected chi connectivity index (χ0v) is 19.0. The fourth-order valence-electron chi connectivity index (χ4n) is 4.95. The number of hydrogen-bond acceptors (Lipinski definition) is 7. The normalized spacial score (nSPS) is 20.8. The van der Waals surface area contributed by atoms with Crippen LogP contribution in [0.3, 0.4) is 0 Å². The van der Waals surface area contributed by atoms with Gasteiger partial charge in [-0.25, -0.2) is 18.5 Å². The lowest BCUT2D eigenvalue weighted by Gasteiger charge is -2.27. The summed E-state index contributed by atoms with van der Waals surface area (Å²) in [6, 6.07) is 13.7. The molecule has 0 atom stereocenters. The molecule has 0 spiro atoms. The molecule has 5 rings (SSSR count). The van der Waals surface area contributed by atoms with Gasteiger partial charge in [-0.1, -0.05) is 30.3 Å². The molecule has 1 aliphatic heterocycles. The minimum atomic E-state index is -4.07. The van der Waals surface area contributed by atoms with Crippen LogP contribution in [-0.2, 0) is 16.4 Å². The molecule has 1 fully saturated rings. The van der Waals surface area contributed by atoms with Crippen molar-refractivity contribution in [1.29, 1.82) is 0 Å². The predicted molar refractivity (Wildman–Crippen MR) is 128 cm³/mol. The van der Waals surface area contributed by atoms with Crippen LogP contribution < -0.4 is 10.9 Å². The van der Waals surface area contributed by atoms with Gasteiger partial charge in [0.05, 0.1) is 10.4 Å². The van der Waals surface area contributed by atoms with Crippen molar-refractivity contribution in [3.8, 4) is 11.1 Å². The number of rotatable bonds is 5. The number of aromatic nitrogens is 1. The van der Waals surface area contributed by atoms with Gasteiger partial charge in [0.1, 0.15) is 0 Å². The van der Waals surface area contributed by atoms with E-state index in [1.807, 2.05) is 42.5 Å². The Bertz CT molecular complexity index is 1370. The van der Waals surface area contributed by atoms with Crippen molar-refractivity contribution in [2.24, 2.45) is 32.0 Å². The number of primary sulfonamides is 1. The molecule has 0 amide bonds. The summed E-state index contributed by atoms with van der Waals surface area (Å²) in [5.74, 6) is 0.653. The third kappa shape index (κ3) is 4.31. The van der Waals surface area contributed by atoms with Gasteiger partial charge in [-0.15, -0.1) is 5.11 Å². The van der Waals surface area contributed by atoms with Gasteiger partial charge in [0.25, 0.3) is 0 Å². The lowest BCUT2D eigenvalue weighted by molar-refractivity contribution is 0.323. The molecule has 2 aromatic carbocycles. The summed E-state index contributed by atoms with van der Waals surface area (Å²) in [5, 5.41) is 14.9. The summed E-state index contributed by atoms with van der Waals surface area (Å²) in [6.07, 6.45) is 6.17. The van der Waals surface area contributed by atoms with Crippen molar-refractivity contribution in [2.75, 3.05) is 6.67 Å². The highest BCUT2D eigenvalue weighted by molar-refractivity contribution is 7.89. The highest BCUT2D eigenvalue weighted by Gasteiger charge is 2.29. The summed E-state index contributed by atoms with van der Waals surface area (Å²) < 4.78 is 26.0. The summed E-state index contributed by atoms with van der Waals surface area (Å²) in [5.41, 5.74) is 9.54. The van der Waals surface area contributed by atoms with E-state index in [1.165, 1.54) is 0 Å². The zero-order chi connectivity index (χ0) is 23.0. The fraction of sp³-hybridized carbons (Fsp3) is 0.333. The SMILES string of the molecule is NC1CCC(Cc2ccc(-c3ccnc4ccccc34)c(C3=NCN=N3)c2S(N)(=O)=O)CC1. The third-order valence-corrected chi connectivity index (χ3v) is 7.57. The maximum atomic E-state index is 13.0. The second kappa shape index (κ2) is 8.74. The Kier molecular flexibility index (Phi) is 5.77. The van der Waals surface area contributed by atoms with Crippen LogP contribution in [0.2, 0.25) is 0 Å². The van der Waals surface area contributed by atoms with Gasteiger partial charge < -0.3 is 5.73 Å². The molecule has 0 unspecified atom stereocenters. The molecule has 2 aliphatic rings. The van der Waals surface area contributed by atoms with Crippen LogP contribution in [0.15, 0.2) is 68.8 Å². The third-order valence-electron chi connectivity index (χ3n) is 6.54. The van der Waals surface area contributed by atoms with Crippen LogP contribution in [0.4, 0.5) is 0 Å². The smallest absolute Gasteiger partial charge is 0.239 e. The topological polar surface area (TPSA) is 136 Å². The molecule has 0 bridgehead atoms. The Hall–Kier alpha value is -3.01. The van der Waals surface area contributed by atoms with Crippen LogP contribution >= 0.6 is 0 Å². The second-order valence-corrected chi connectivity index (χ2v) is 10.2. The summed E-state index contributed by atoms with van der Waals surface area (Å²) in [4.78, 5) is 8.91. The lowest BCUT2D eigenvalue weighted by Crippen LogP contribution is -2.28. The molecule has 4 N–H and O–H groups in total. The predicted octanol–water partition coefficient (Wildman–Crippen LogP) is 3.78. The molecule has 2 heterocycles. The van der Waals surface area contributed by atoms with Crippen LogP contribution in [0.25, 0.3) is 22.0 Å². The minimum Gasteiger partial charge on any atom is -0.328 e. The van der Waals surface area contributed by atoms with Crippen molar-refractivity contribution in [2.45, 2.75) is 43.0 Å². The highest BCUT2D eigenvalue weighted by Crippen LogP contribution is 2.38. The molecule has 33 heavy (non-hydrogen) atoms. The van der Waals surface area contributed by atoms with Crippen LogP contribution in [0, 0.1) is 5.92 Å². The zero-order valence-electron chi connectivity index (χ0n) is 18.2. The minimum absolute atomic E-state index is 0.0929. The molecule has 0 saturated heterocycles. The van der Waals surface area contributed by atoms with Gasteiger partial charge in [0.15, 0.2) is 12.5 Å². The average Bonchev–Trinajstić information content (AvgIpc) is 3.34. The first-order chi connectivity index (χ1) is 15.9. The summed E-state index contributed by atoms with van der Waals surface area (Å²) in [7, 11) is -4.07. The Morgan fingerprint density at radius 2 is 1.76 bits per heavy atom. The molecule has 1 saturated carbocycles. The van der Waals surface area contributed by atoms with Crippen molar-refractivity contribution in [3.63, 3.8) is 0 Å². The summed E-state index contributed by atoms with van der Waals surface area (Å²) in [6.45, 7) is 0.167. The molecule has 9 heteroatoms. The first-order valence-electron chi connectivity index (χ1n) is 11.1. The standard InChI is InChI=1S/C24H26N6O2S/c25-17-8-5-15(6-9-17)13-16-7-10-20(18-11-12-27-21-4-2-1-3-19(18)21)22(23(16)33(26,31)32)24-28-14-29-30-24/h1-4,7,10-12,15,17H,5-6,8-9,13-14,25H2,(H2,26,31,32). The van der Waals surface area contributed by atoms with Crippen LogP contribution in [0.5, 0.6) is 0 Å². The number of para-hydroxylation sites is 1. The Balaban J connectivity index is 1.73. The number of benzene rings is 2. The molecule has 0 radical (unpaired) electrons. The van der Waals surface area contributed by atoms with E-state index in [1.54, 1.807) is 6.20 Å². The number of hydrogen-bond donors (Lipinski definition) is 2. The number of nitrogens with two attached hydrogens (primary N) is 2. The summed E-state index contributed by atoms with van der Waals surface area (Å²) >= 11 is 0. The molecule has 170 valence electrons. The lowest BCUT2D eigenvalue weighted by atomic mass is 9.82. The molecule has 8 nitrogen and oxygen atoms in total. The fourth-order valence-corrected chi connectivity index (χ4v) is 5.95. The van der Waals surface area contributed by atoms with E-state index in [0.29, 0.717) is 34.9 Å². The number of aliphatic imine (C=N–C) groups is 1. The number of azo groups is 1. The second-order valence-electron chi connectivity index (χ2n) is 8.75. The first-order valence-corrected chi connectivity index (χ1v) is 12.7. The highest BCUT2D eigenvalue weighted by atomic mass is 32.2. The molecule has 1 aromatic heterocycles. The number of nitrogens with zero attached hydrogens (tertiary/aromatic N) is 4. The van der Waals surface area contributed by atoms with Crippen molar-refractivity contribution >= 4 is 26.8 Å². The average molecular weight is 463 g/mol. The van der Waals surface area contributed by atoms with Gasteiger partial charge >= 0.3 is 0 Å². The van der Waals surface area contributed by atoms with E-state index >= 15 is 0 Å². The number of amidine groups is 1. The molecular formula is C24H26N6O2S. The van der Waals surface area contributed by atoms with Gasteiger partial charge in [0, 0.05) is 23.2 Å². The Labute approximate surface area is 192 Å². The van der Waals surface area contributed by atoms with E-state index in [2.05, 4.69) is 20.2 Å². The number of sulfonamides is 1. The Morgan fingerprint density at radius 1 is 0.970 bits per heavy atom. The van der Waals surface area contributed by atoms with E-state index in [4.69, 9.17) is 10.9 Å². The number of fused-ring (bicyclic) bond motifs is 1. The van der Waals surface area contributed by atoms with E-state index in [0.717, 1.165) is 42.1 Å². The first kappa shape index (κ1) is 21.8. The Morgan fingerprint density at radius 3 is 2.48 bits per heavy atom. The van der Waals surface area contributed by atoms with Crippen molar-refractivity contribution in [1.82, 2.24) is 4.98 Å². The monoisotopic (exact) mass is 462 g/mol. The molecular weight excluding hydrogens is 436 g/mol. The van der Waals surface area contributed by atoms with Gasteiger partial charge in [-0.3, -0.25) is 4.98 Å². The van der Waals surface area contributed by atoms with Gasteiger partial charge in [0.2, 0.25) is 10.0 Å². The van der Waals surface area contributed by atoms with Gasteiger partial charge in [-0.2, -0.15) is 5.11 Å². The van der Waals surface area contributed by atoms with E-state index in [-0.39, 0.29) is 17.6 Å². The van der Waals surface area contributed by atoms with E-state index < -0.39 is 10.0 Å². The van der Waals surface area contributed by atoms with Crippen molar-refractivity contribution in [3.05, 3.63) is 59.8 Å². The van der Waals surface area contributed by atoms with Crippen LogP contribution in [-0.4, -0.2) is 31.9 Å².